The standard InChI is InChI=1S/C25H29ClN4O5/c1-14(2)35-21-11-10-20(12-15(21)3)27-23-28-24(33)30(17(5)16(4)22(31)32)25(34)29(23)13-18-6-8-19(26)9-7-18/h6-12,14,16-17H,13H2,1-5H3,(H,31,32)(H,27,28,33)/t16-,17-/m1/s1. The molecule has 3 rings (SSSR count). The van der Waals surface area contributed by atoms with E-state index in [4.69, 9.17) is 16.3 Å². The van der Waals surface area contributed by atoms with Crippen molar-refractivity contribution in [2.24, 2.45) is 10.9 Å². The SMILES string of the molecule is Cc1cc(/N=c2\[nH]c(=O)n([C@H](C)[C@@H](C)C(=O)O)c(=O)n2Cc2ccc(Cl)cc2)ccc1OC(C)C. The number of rotatable bonds is 8. The number of carboxylic acid groups (broad SMARTS) is 1. The van der Waals surface area contributed by atoms with E-state index in [2.05, 4.69) is 9.98 Å². The van der Waals surface area contributed by atoms with Crippen LogP contribution in [0.3, 0.4) is 0 Å². The normalized spacial score (nSPS) is 13.6. The van der Waals surface area contributed by atoms with Gasteiger partial charge in [0.1, 0.15) is 5.75 Å². The van der Waals surface area contributed by atoms with Crippen molar-refractivity contribution in [3.8, 4) is 5.75 Å². The lowest BCUT2D eigenvalue weighted by Gasteiger charge is -2.19. The number of hydrogen-bond acceptors (Lipinski definition) is 5. The minimum absolute atomic E-state index is 0.0113. The fourth-order valence-electron chi connectivity index (χ4n) is 3.53. The zero-order chi connectivity index (χ0) is 25.9. The van der Waals surface area contributed by atoms with Gasteiger partial charge in [-0.3, -0.25) is 14.3 Å². The average Bonchev–Trinajstić information content (AvgIpc) is 2.78. The predicted octanol–water partition coefficient (Wildman–Crippen LogP) is 3.65. The van der Waals surface area contributed by atoms with Crippen molar-refractivity contribution < 1.29 is 14.6 Å². The molecule has 0 saturated carbocycles. The summed E-state index contributed by atoms with van der Waals surface area (Å²) in [5, 5.41) is 9.95. The van der Waals surface area contributed by atoms with Crippen LogP contribution in [0.15, 0.2) is 57.0 Å². The summed E-state index contributed by atoms with van der Waals surface area (Å²) < 4.78 is 7.99. The molecule has 2 atom stereocenters. The fourth-order valence-corrected chi connectivity index (χ4v) is 3.66. The van der Waals surface area contributed by atoms with Crippen molar-refractivity contribution >= 4 is 23.3 Å². The van der Waals surface area contributed by atoms with Crippen LogP contribution in [0.5, 0.6) is 5.75 Å². The summed E-state index contributed by atoms with van der Waals surface area (Å²) in [5.41, 5.74) is 0.755. The van der Waals surface area contributed by atoms with E-state index in [0.29, 0.717) is 16.5 Å². The third-order valence-corrected chi connectivity index (χ3v) is 5.91. The van der Waals surface area contributed by atoms with Crippen LogP contribution in [-0.4, -0.2) is 31.3 Å². The molecule has 0 saturated heterocycles. The molecule has 3 aromatic rings. The molecule has 9 nitrogen and oxygen atoms in total. The number of carbonyl (C=O) groups is 1. The van der Waals surface area contributed by atoms with Gasteiger partial charge in [0, 0.05) is 5.02 Å². The summed E-state index contributed by atoms with van der Waals surface area (Å²) in [6, 6.07) is 11.4. The molecule has 186 valence electrons. The van der Waals surface area contributed by atoms with Crippen LogP contribution in [0.2, 0.25) is 5.02 Å². The van der Waals surface area contributed by atoms with Crippen molar-refractivity contribution in [1.29, 1.82) is 0 Å². The molecule has 10 heteroatoms. The first-order valence-corrected chi connectivity index (χ1v) is 11.6. The first-order valence-electron chi connectivity index (χ1n) is 11.2. The van der Waals surface area contributed by atoms with Crippen LogP contribution >= 0.6 is 11.6 Å². The van der Waals surface area contributed by atoms with E-state index in [0.717, 1.165) is 15.7 Å². The number of benzene rings is 2. The highest BCUT2D eigenvalue weighted by molar-refractivity contribution is 6.30. The van der Waals surface area contributed by atoms with Crippen LogP contribution in [-0.2, 0) is 11.3 Å². The number of nitrogens with zero attached hydrogens (tertiary/aromatic N) is 3. The second-order valence-electron chi connectivity index (χ2n) is 8.71. The highest BCUT2D eigenvalue weighted by Gasteiger charge is 2.25. The van der Waals surface area contributed by atoms with Crippen molar-refractivity contribution in [3.63, 3.8) is 0 Å². The number of aromatic amines is 1. The maximum absolute atomic E-state index is 13.5. The molecule has 0 aliphatic carbocycles. The molecule has 0 fully saturated rings. The number of carboxylic acids is 1. The molecule has 2 N–H and O–H groups in total. The fraction of sp³-hybridized carbons (Fsp3) is 0.360. The van der Waals surface area contributed by atoms with Gasteiger partial charge in [0.25, 0.3) is 0 Å². The lowest BCUT2D eigenvalue weighted by Crippen LogP contribution is -2.52. The van der Waals surface area contributed by atoms with Crippen molar-refractivity contribution in [1.82, 2.24) is 14.1 Å². The Balaban J connectivity index is 2.21. The number of halogens is 1. The van der Waals surface area contributed by atoms with Crippen LogP contribution in [0.1, 0.15) is 44.9 Å². The maximum Gasteiger partial charge on any atom is 0.335 e. The highest BCUT2D eigenvalue weighted by atomic mass is 35.5. The lowest BCUT2D eigenvalue weighted by atomic mass is 10.0. The monoisotopic (exact) mass is 500 g/mol. The Labute approximate surface area is 207 Å². The number of aromatic nitrogens is 3. The van der Waals surface area contributed by atoms with Gasteiger partial charge in [0.05, 0.1) is 30.3 Å². The van der Waals surface area contributed by atoms with E-state index in [-0.39, 0.29) is 18.3 Å². The minimum atomic E-state index is -1.11. The molecule has 0 aliphatic rings. The van der Waals surface area contributed by atoms with Gasteiger partial charge in [-0.1, -0.05) is 23.7 Å². The molecule has 0 spiro atoms. The molecule has 1 aromatic heterocycles. The second kappa shape index (κ2) is 10.8. The van der Waals surface area contributed by atoms with E-state index < -0.39 is 29.3 Å². The molecular formula is C25H29ClN4O5. The van der Waals surface area contributed by atoms with Crippen LogP contribution in [0.25, 0.3) is 0 Å². The van der Waals surface area contributed by atoms with Gasteiger partial charge in [-0.15, -0.1) is 0 Å². The van der Waals surface area contributed by atoms with Gasteiger partial charge in [-0.2, -0.15) is 0 Å². The van der Waals surface area contributed by atoms with E-state index in [1.807, 2.05) is 20.8 Å². The maximum atomic E-state index is 13.5. The Morgan fingerprint density at radius 2 is 1.77 bits per heavy atom. The van der Waals surface area contributed by atoms with Gasteiger partial charge in [0.15, 0.2) is 0 Å². The summed E-state index contributed by atoms with van der Waals surface area (Å²) >= 11 is 5.99. The van der Waals surface area contributed by atoms with E-state index >= 15 is 0 Å². The largest absolute Gasteiger partial charge is 0.491 e. The second-order valence-corrected chi connectivity index (χ2v) is 9.15. The molecule has 0 radical (unpaired) electrons. The van der Waals surface area contributed by atoms with Crippen molar-refractivity contribution in [2.75, 3.05) is 0 Å². The zero-order valence-electron chi connectivity index (χ0n) is 20.3. The van der Waals surface area contributed by atoms with Gasteiger partial charge in [-0.05, 0) is 76.1 Å². The Bertz CT molecular complexity index is 1400. The molecule has 0 bridgehead atoms. The van der Waals surface area contributed by atoms with Gasteiger partial charge in [-0.25, -0.2) is 19.1 Å². The Morgan fingerprint density at radius 1 is 1.11 bits per heavy atom. The first kappa shape index (κ1) is 26.0. The van der Waals surface area contributed by atoms with E-state index in [1.165, 1.54) is 18.4 Å². The summed E-state index contributed by atoms with van der Waals surface area (Å²) in [7, 11) is 0. The highest BCUT2D eigenvalue weighted by Crippen LogP contribution is 2.24. The van der Waals surface area contributed by atoms with Gasteiger partial charge in [0.2, 0.25) is 5.62 Å². The van der Waals surface area contributed by atoms with Crippen LogP contribution in [0.4, 0.5) is 5.69 Å². The van der Waals surface area contributed by atoms with E-state index in [9.17, 15) is 19.5 Å². The topological polar surface area (TPSA) is 119 Å². The molecule has 0 amide bonds. The number of ether oxygens (including phenoxy) is 1. The molecule has 0 aliphatic heterocycles. The molecule has 0 unspecified atom stereocenters. The van der Waals surface area contributed by atoms with Gasteiger partial charge < -0.3 is 9.84 Å². The number of nitrogens with one attached hydrogen (secondary N) is 1. The summed E-state index contributed by atoms with van der Waals surface area (Å²) in [4.78, 5) is 45.1. The number of H-pyrrole nitrogens is 1. The first-order chi connectivity index (χ1) is 16.5. The van der Waals surface area contributed by atoms with Crippen molar-refractivity contribution in [3.05, 3.63) is 85.2 Å². The quantitative estimate of drug-likeness (QED) is 0.489. The summed E-state index contributed by atoms with van der Waals surface area (Å²) in [6.45, 7) is 8.81. The lowest BCUT2D eigenvalue weighted by molar-refractivity contribution is -0.142. The van der Waals surface area contributed by atoms with Crippen LogP contribution in [0, 0.1) is 12.8 Å². The molecule has 1 heterocycles. The number of aliphatic carboxylic acids is 1. The Kier molecular flexibility index (Phi) is 8.01. The average molecular weight is 501 g/mol. The third kappa shape index (κ3) is 6.10. The zero-order valence-corrected chi connectivity index (χ0v) is 21.0. The predicted molar refractivity (Wildman–Crippen MR) is 134 cm³/mol. The van der Waals surface area contributed by atoms with Crippen molar-refractivity contribution in [2.45, 2.75) is 53.3 Å². The van der Waals surface area contributed by atoms with E-state index in [1.54, 1.807) is 42.5 Å². The molecule has 35 heavy (non-hydrogen) atoms. The number of aryl methyl sites for hydroxylation is 1. The van der Waals surface area contributed by atoms with Gasteiger partial charge >= 0.3 is 17.3 Å². The Hall–Kier alpha value is -3.59. The number of hydrogen-bond donors (Lipinski definition) is 2. The summed E-state index contributed by atoms with van der Waals surface area (Å²) in [5.74, 6) is -1.36. The Morgan fingerprint density at radius 3 is 2.34 bits per heavy atom. The molecule has 2 aromatic carbocycles. The smallest absolute Gasteiger partial charge is 0.335 e. The minimum Gasteiger partial charge on any atom is -0.491 e. The van der Waals surface area contributed by atoms with Crippen LogP contribution < -0.4 is 21.7 Å². The molecular weight excluding hydrogens is 472 g/mol. The summed E-state index contributed by atoms with van der Waals surface area (Å²) in [6.07, 6.45) is 0.0113. The third-order valence-electron chi connectivity index (χ3n) is 5.66.